The fourth-order valence-electron chi connectivity index (χ4n) is 3.28. The quantitative estimate of drug-likeness (QED) is 0.866. The molecule has 0 aliphatic carbocycles. The van der Waals surface area contributed by atoms with Crippen molar-refractivity contribution in [2.24, 2.45) is 5.92 Å². The molecule has 1 N–H and O–H groups in total. The van der Waals surface area contributed by atoms with Gasteiger partial charge in [0, 0.05) is 31.8 Å². The Morgan fingerprint density at radius 2 is 2.11 bits per heavy atom. The highest BCUT2D eigenvalue weighted by molar-refractivity contribution is 5.92. The molecule has 1 aromatic heterocycles. The van der Waals surface area contributed by atoms with Crippen molar-refractivity contribution in [1.29, 1.82) is 0 Å². The monoisotopic (exact) mass is 373 g/mol. The molecule has 1 aromatic carbocycles. The first-order chi connectivity index (χ1) is 12.9. The topological polar surface area (TPSA) is 92.5 Å². The normalized spacial score (nSPS) is 16.9. The fraction of sp³-hybridized carbons (Fsp3) is 0.368. The molecule has 1 fully saturated rings. The molecule has 1 aliphatic rings. The number of carbonyl (C=O) groups is 2. The lowest BCUT2D eigenvalue weighted by Crippen LogP contribution is -2.42. The Balaban J connectivity index is 1.80. The van der Waals surface area contributed by atoms with Crippen LogP contribution in [0, 0.1) is 11.7 Å². The van der Waals surface area contributed by atoms with Gasteiger partial charge in [0.2, 0.25) is 5.43 Å². The third kappa shape index (κ3) is 4.58. The van der Waals surface area contributed by atoms with Gasteiger partial charge in [-0.2, -0.15) is 5.10 Å². The third-order valence-electron chi connectivity index (χ3n) is 4.66. The van der Waals surface area contributed by atoms with Gasteiger partial charge in [-0.1, -0.05) is 6.07 Å². The van der Waals surface area contributed by atoms with Crippen LogP contribution >= 0.6 is 0 Å². The second-order valence-corrected chi connectivity index (χ2v) is 6.64. The van der Waals surface area contributed by atoms with Crippen LogP contribution in [0.3, 0.4) is 0 Å². The number of likely N-dealkylation sites (tertiary alicyclic amines) is 1. The zero-order chi connectivity index (χ0) is 19.4. The molecule has 0 spiro atoms. The highest BCUT2D eigenvalue weighted by Crippen LogP contribution is 2.22. The molecule has 8 heteroatoms. The average molecular weight is 373 g/mol. The van der Waals surface area contributed by atoms with E-state index in [0.717, 1.165) is 12.8 Å². The van der Waals surface area contributed by atoms with Crippen LogP contribution < -0.4 is 5.43 Å². The van der Waals surface area contributed by atoms with Gasteiger partial charge in [-0.15, -0.1) is 0 Å². The van der Waals surface area contributed by atoms with Crippen molar-refractivity contribution in [2.75, 3.05) is 13.1 Å². The summed E-state index contributed by atoms with van der Waals surface area (Å²) in [4.78, 5) is 37.3. The summed E-state index contributed by atoms with van der Waals surface area (Å²) in [5.74, 6) is -1.70. The first-order valence-electron chi connectivity index (χ1n) is 8.81. The molecule has 0 bridgehead atoms. The number of carbonyl (C=O) groups excluding carboxylic acids is 1. The Kier molecular flexibility index (Phi) is 5.63. The molecule has 2 heterocycles. The first-order valence-corrected chi connectivity index (χ1v) is 8.81. The number of hydrogen-bond acceptors (Lipinski definition) is 4. The minimum absolute atomic E-state index is 0.0582. The number of halogens is 1. The summed E-state index contributed by atoms with van der Waals surface area (Å²) < 4.78 is 14.7. The summed E-state index contributed by atoms with van der Waals surface area (Å²) in [6, 6.07) is 6.93. The van der Waals surface area contributed by atoms with Crippen molar-refractivity contribution in [1.82, 2.24) is 14.7 Å². The summed E-state index contributed by atoms with van der Waals surface area (Å²) in [5, 5.41) is 12.9. The van der Waals surface area contributed by atoms with Crippen LogP contribution in [0.2, 0.25) is 0 Å². The van der Waals surface area contributed by atoms with E-state index in [1.807, 2.05) is 0 Å². The second-order valence-electron chi connectivity index (χ2n) is 6.64. The zero-order valence-corrected chi connectivity index (χ0v) is 14.7. The van der Waals surface area contributed by atoms with E-state index in [9.17, 15) is 18.8 Å². The van der Waals surface area contributed by atoms with Gasteiger partial charge in [0.1, 0.15) is 5.82 Å². The van der Waals surface area contributed by atoms with Gasteiger partial charge in [0.25, 0.3) is 5.91 Å². The lowest BCUT2D eigenvalue weighted by Gasteiger charge is -2.32. The van der Waals surface area contributed by atoms with E-state index in [1.165, 1.54) is 35.1 Å². The van der Waals surface area contributed by atoms with Crippen molar-refractivity contribution in [3.8, 4) is 5.69 Å². The molecule has 3 rings (SSSR count). The van der Waals surface area contributed by atoms with Gasteiger partial charge in [-0.25, -0.2) is 9.07 Å². The van der Waals surface area contributed by atoms with Crippen LogP contribution in [0.4, 0.5) is 4.39 Å². The van der Waals surface area contributed by atoms with Crippen molar-refractivity contribution in [3.05, 3.63) is 58.3 Å². The molecule has 1 aliphatic heterocycles. The maximum absolute atomic E-state index is 13.4. The smallest absolute Gasteiger partial charge is 0.303 e. The van der Waals surface area contributed by atoms with Gasteiger partial charge >= 0.3 is 5.97 Å². The summed E-state index contributed by atoms with van der Waals surface area (Å²) in [6.45, 7) is 0.903. The molecule has 1 atom stereocenters. The Bertz CT molecular complexity index is 912. The number of amides is 1. The summed E-state index contributed by atoms with van der Waals surface area (Å²) in [6.07, 6.45) is 3.55. The number of rotatable bonds is 5. The lowest BCUT2D eigenvalue weighted by atomic mass is 9.93. The molecule has 7 nitrogen and oxygen atoms in total. The molecule has 0 unspecified atom stereocenters. The van der Waals surface area contributed by atoms with Crippen molar-refractivity contribution < 1.29 is 19.1 Å². The zero-order valence-electron chi connectivity index (χ0n) is 14.7. The Morgan fingerprint density at radius 1 is 1.30 bits per heavy atom. The SMILES string of the molecule is O=C(O)CC[C@@H]1CCCN(C(=O)c2nn(-c3cccc(F)c3)ccc2=O)C1. The standard InChI is InChI=1S/C19H20FN3O4/c20-14-4-1-5-15(11-14)23-10-8-16(24)18(21-23)19(27)22-9-2-3-13(12-22)6-7-17(25)26/h1,4-5,8,10-11,13H,2-3,6-7,9,12H2,(H,25,26)/t13-/m0/s1. The third-order valence-corrected chi connectivity index (χ3v) is 4.66. The Hall–Kier alpha value is -3.03. The molecule has 0 radical (unpaired) electrons. The van der Waals surface area contributed by atoms with Gasteiger partial charge in [-0.05, 0) is 43.4 Å². The van der Waals surface area contributed by atoms with Gasteiger partial charge < -0.3 is 10.0 Å². The minimum Gasteiger partial charge on any atom is -0.481 e. The number of hydrogen-bond donors (Lipinski definition) is 1. The molecule has 27 heavy (non-hydrogen) atoms. The van der Waals surface area contributed by atoms with Crippen LogP contribution in [-0.4, -0.2) is 44.8 Å². The predicted molar refractivity (Wildman–Crippen MR) is 95.3 cm³/mol. The van der Waals surface area contributed by atoms with E-state index < -0.39 is 23.1 Å². The van der Waals surface area contributed by atoms with Gasteiger partial charge in [0.05, 0.1) is 5.69 Å². The average Bonchev–Trinajstić information content (AvgIpc) is 2.66. The number of aliphatic carboxylic acids is 1. The van der Waals surface area contributed by atoms with Crippen LogP contribution in [0.25, 0.3) is 5.69 Å². The molecule has 1 saturated heterocycles. The highest BCUT2D eigenvalue weighted by Gasteiger charge is 2.27. The highest BCUT2D eigenvalue weighted by atomic mass is 19.1. The van der Waals surface area contributed by atoms with E-state index >= 15 is 0 Å². The lowest BCUT2D eigenvalue weighted by molar-refractivity contribution is -0.137. The van der Waals surface area contributed by atoms with E-state index in [2.05, 4.69) is 5.10 Å². The molecule has 0 saturated carbocycles. The molecule has 142 valence electrons. The number of carboxylic acid groups (broad SMARTS) is 1. The number of benzene rings is 1. The fourth-order valence-corrected chi connectivity index (χ4v) is 3.28. The summed E-state index contributed by atoms with van der Waals surface area (Å²) >= 11 is 0. The van der Waals surface area contributed by atoms with Crippen LogP contribution in [0.5, 0.6) is 0 Å². The van der Waals surface area contributed by atoms with E-state index in [4.69, 9.17) is 5.11 Å². The number of piperidine rings is 1. The van der Waals surface area contributed by atoms with Crippen LogP contribution in [-0.2, 0) is 4.79 Å². The van der Waals surface area contributed by atoms with E-state index in [1.54, 1.807) is 11.0 Å². The van der Waals surface area contributed by atoms with Gasteiger partial charge in [0.15, 0.2) is 5.69 Å². The second kappa shape index (κ2) is 8.11. The maximum atomic E-state index is 13.4. The summed E-state index contributed by atoms with van der Waals surface area (Å²) in [5.41, 5.74) is -0.317. The van der Waals surface area contributed by atoms with E-state index in [-0.39, 0.29) is 18.0 Å². The van der Waals surface area contributed by atoms with Crippen LogP contribution in [0.15, 0.2) is 41.3 Å². The van der Waals surface area contributed by atoms with Crippen molar-refractivity contribution >= 4 is 11.9 Å². The first kappa shape index (κ1) is 18.8. The summed E-state index contributed by atoms with van der Waals surface area (Å²) in [7, 11) is 0. The molecule has 2 aromatic rings. The number of carboxylic acids is 1. The molecule has 1 amide bonds. The van der Waals surface area contributed by atoms with Gasteiger partial charge in [-0.3, -0.25) is 14.4 Å². The van der Waals surface area contributed by atoms with Crippen molar-refractivity contribution in [2.45, 2.75) is 25.7 Å². The number of aromatic nitrogens is 2. The Morgan fingerprint density at radius 3 is 2.85 bits per heavy atom. The molecular weight excluding hydrogens is 353 g/mol. The predicted octanol–water partition coefficient (Wildman–Crippen LogP) is 2.09. The van der Waals surface area contributed by atoms with Crippen LogP contribution in [0.1, 0.15) is 36.2 Å². The minimum atomic E-state index is -0.860. The van der Waals surface area contributed by atoms with Crippen molar-refractivity contribution in [3.63, 3.8) is 0 Å². The van der Waals surface area contributed by atoms with E-state index in [0.29, 0.717) is 25.2 Å². The largest absolute Gasteiger partial charge is 0.481 e. The molecular formula is C19H20FN3O4. The number of nitrogens with zero attached hydrogens (tertiary/aromatic N) is 3. The Labute approximate surface area is 155 Å². The maximum Gasteiger partial charge on any atom is 0.303 e.